The van der Waals surface area contributed by atoms with Gasteiger partial charge in [0, 0.05) is 52.9 Å². The fourth-order valence-electron chi connectivity index (χ4n) is 4.57. The Hall–Kier alpha value is -3.72. The van der Waals surface area contributed by atoms with Crippen molar-refractivity contribution in [1.29, 1.82) is 0 Å². The molecule has 48 heavy (non-hydrogen) atoms. The van der Waals surface area contributed by atoms with Gasteiger partial charge in [-0.3, -0.25) is 9.59 Å². The van der Waals surface area contributed by atoms with Gasteiger partial charge in [-0.25, -0.2) is 17.6 Å². The molecule has 0 aliphatic heterocycles. The number of halogens is 1. The maximum atomic E-state index is 14.2. The van der Waals surface area contributed by atoms with Crippen LogP contribution in [0, 0.1) is 5.82 Å². The molecule has 11 nitrogen and oxygen atoms in total. The Balaban J connectivity index is 2.11. The van der Waals surface area contributed by atoms with Crippen LogP contribution in [-0.4, -0.2) is 58.5 Å². The summed E-state index contributed by atoms with van der Waals surface area (Å²) >= 11 is -1.51. The lowest BCUT2D eigenvalue weighted by molar-refractivity contribution is 0.103. The third-order valence-corrected chi connectivity index (χ3v) is 10.1. The number of aromatic nitrogens is 1. The molecule has 1 aromatic heterocycles. The number of methoxy groups -OCH3 is 1. The molecule has 0 aliphatic rings. The Morgan fingerprint density at radius 2 is 1.71 bits per heavy atom. The van der Waals surface area contributed by atoms with Crippen LogP contribution in [0.2, 0.25) is 0 Å². The molecule has 0 bridgehead atoms. The molecule has 2 aromatic carbocycles. The number of rotatable bonds is 12. The third-order valence-electron chi connectivity index (χ3n) is 7.15. The molecule has 3 rings (SSSR count). The Morgan fingerprint density at radius 3 is 2.31 bits per heavy atom. The highest BCUT2D eigenvalue weighted by Gasteiger charge is 2.30. The van der Waals surface area contributed by atoms with Gasteiger partial charge >= 0.3 is 6.09 Å². The lowest BCUT2D eigenvalue weighted by Gasteiger charge is -2.27. The zero-order valence-electron chi connectivity index (χ0n) is 28.7. The number of hydrogen-bond donors (Lipinski definition) is 2. The van der Waals surface area contributed by atoms with E-state index in [1.165, 1.54) is 29.9 Å². The average Bonchev–Trinajstić information content (AvgIpc) is 2.98. The number of aryl methyl sites for hydroxylation is 2. The number of pyridine rings is 1. The molecule has 0 saturated heterocycles. The second-order valence-corrected chi connectivity index (χ2v) is 17.6. The zero-order chi connectivity index (χ0) is 36.2. The number of carbonyl (C=O) groups excluding carboxylic acids is 2. The predicted molar refractivity (Wildman–Crippen MR) is 185 cm³/mol. The topological polar surface area (TPSA) is 156 Å². The molecular weight excluding hydrogens is 662 g/mol. The smallest absolute Gasteiger partial charge is 0.408 e. The maximum Gasteiger partial charge on any atom is 0.408 e. The van der Waals surface area contributed by atoms with Crippen LogP contribution >= 0.6 is 0 Å². The van der Waals surface area contributed by atoms with Crippen LogP contribution in [-0.2, 0) is 39.4 Å². The largest absolute Gasteiger partial charge is 0.598 e. The maximum absolute atomic E-state index is 14.2. The number of benzene rings is 2. The van der Waals surface area contributed by atoms with Gasteiger partial charge in [-0.1, -0.05) is 18.2 Å². The van der Waals surface area contributed by atoms with Crippen molar-refractivity contribution < 1.29 is 36.4 Å². The van der Waals surface area contributed by atoms with Crippen LogP contribution in [0.25, 0.3) is 11.1 Å². The summed E-state index contributed by atoms with van der Waals surface area (Å²) in [6.45, 7) is 12.4. The van der Waals surface area contributed by atoms with Gasteiger partial charge in [-0.05, 0) is 89.8 Å². The van der Waals surface area contributed by atoms with Crippen molar-refractivity contribution in [3.63, 3.8) is 0 Å². The summed E-state index contributed by atoms with van der Waals surface area (Å²) in [5.74, 6) is -2.41. The van der Waals surface area contributed by atoms with Crippen LogP contribution in [0.5, 0.6) is 5.75 Å². The van der Waals surface area contributed by atoms with Gasteiger partial charge in [0.25, 0.3) is 5.56 Å². The Labute approximate surface area is 284 Å². The number of hydrogen-bond acceptors (Lipinski definition) is 9. The fraction of sp³-hybridized carbons (Fsp3) is 0.441. The van der Waals surface area contributed by atoms with E-state index < -0.39 is 61.2 Å². The van der Waals surface area contributed by atoms with E-state index in [-0.39, 0.29) is 34.6 Å². The van der Waals surface area contributed by atoms with E-state index in [9.17, 15) is 31.7 Å². The van der Waals surface area contributed by atoms with Crippen molar-refractivity contribution in [1.82, 2.24) is 14.6 Å². The number of ether oxygens (including phenoxy) is 2. The molecule has 14 heteroatoms. The first-order chi connectivity index (χ1) is 22.1. The minimum atomic E-state index is -3.84. The number of nitrogens with one attached hydrogen (secondary N) is 2. The lowest BCUT2D eigenvalue weighted by atomic mass is 9.89. The summed E-state index contributed by atoms with van der Waals surface area (Å²) in [4.78, 5) is 38.8. The van der Waals surface area contributed by atoms with E-state index in [1.807, 2.05) is 0 Å². The molecule has 0 aliphatic carbocycles. The molecular formula is C34H44FN3O8S2. The van der Waals surface area contributed by atoms with Gasteiger partial charge in [-0.2, -0.15) is 0 Å². The fourth-order valence-corrected chi connectivity index (χ4v) is 6.32. The average molecular weight is 706 g/mol. The van der Waals surface area contributed by atoms with Crippen molar-refractivity contribution in [2.45, 2.75) is 71.2 Å². The summed E-state index contributed by atoms with van der Waals surface area (Å²) < 4.78 is 66.6. The van der Waals surface area contributed by atoms with Gasteiger partial charge in [0.05, 0.1) is 18.9 Å². The summed E-state index contributed by atoms with van der Waals surface area (Å²) in [6.07, 6.45) is 0.725. The van der Waals surface area contributed by atoms with Crippen molar-refractivity contribution in [3.8, 4) is 16.9 Å². The first-order valence-corrected chi connectivity index (χ1v) is 18.1. The predicted octanol–water partition coefficient (Wildman–Crippen LogP) is 4.98. The minimum absolute atomic E-state index is 0.0152. The Kier molecular flexibility index (Phi) is 12.3. The van der Waals surface area contributed by atoms with Gasteiger partial charge < -0.3 is 23.9 Å². The molecule has 0 saturated carbocycles. The molecule has 3 aromatic rings. The molecule has 0 spiro atoms. The molecule has 0 fully saturated rings. The first kappa shape index (κ1) is 38.7. The van der Waals surface area contributed by atoms with E-state index in [2.05, 4.69) is 10.0 Å². The summed E-state index contributed by atoms with van der Waals surface area (Å²) in [5, 5.41) is 2.54. The number of ketones is 1. The van der Waals surface area contributed by atoms with Crippen molar-refractivity contribution in [2.24, 2.45) is 7.05 Å². The Bertz CT molecular complexity index is 1830. The third kappa shape index (κ3) is 10.4. The van der Waals surface area contributed by atoms with Crippen LogP contribution in [0.3, 0.4) is 0 Å². The standard InChI is InChI=1S/C34H44FN3O8S2/c1-21(37-47(42)34(5,6)7)25-18-30(39)38(8)19-27(25)26-16-22(14-15-48(43,44)20-46-32(41)36-33(2,3)4)10-12-24(26)31(40)23-11-13-28(35)29(17-23)45-9/h10-13,16-19,21,37H,14-15,20H2,1-9H3,(H,36,41). The van der Waals surface area contributed by atoms with Gasteiger partial charge in [-0.15, -0.1) is 4.72 Å². The van der Waals surface area contributed by atoms with E-state index >= 15 is 0 Å². The van der Waals surface area contributed by atoms with Crippen LogP contribution < -0.4 is 20.3 Å². The highest BCUT2D eigenvalue weighted by Crippen LogP contribution is 2.34. The van der Waals surface area contributed by atoms with Gasteiger partial charge in [0.2, 0.25) is 0 Å². The molecule has 1 heterocycles. The second-order valence-electron chi connectivity index (χ2n) is 13.5. The Morgan fingerprint density at radius 1 is 1.04 bits per heavy atom. The number of carbonyl (C=O) groups is 2. The number of alkyl carbamates (subject to hydrolysis) is 1. The van der Waals surface area contributed by atoms with Crippen molar-refractivity contribution >= 4 is 33.1 Å². The van der Waals surface area contributed by atoms with E-state index in [1.54, 1.807) is 79.9 Å². The first-order valence-electron chi connectivity index (χ1n) is 15.2. The van der Waals surface area contributed by atoms with Gasteiger partial charge in [0.1, 0.15) is 4.75 Å². The quantitative estimate of drug-likeness (QED) is 0.196. The molecule has 2 atom stereocenters. The molecule has 1 amide bonds. The van der Waals surface area contributed by atoms with Crippen molar-refractivity contribution in [2.75, 3.05) is 18.8 Å². The summed E-state index contributed by atoms with van der Waals surface area (Å²) in [7, 11) is -0.997. The second kappa shape index (κ2) is 15.2. The van der Waals surface area contributed by atoms with Crippen molar-refractivity contribution in [3.05, 3.63) is 87.1 Å². The molecule has 0 radical (unpaired) electrons. The lowest BCUT2D eigenvalue weighted by Crippen LogP contribution is -2.41. The van der Waals surface area contributed by atoms with E-state index in [0.29, 0.717) is 22.3 Å². The number of sulfone groups is 1. The monoisotopic (exact) mass is 705 g/mol. The van der Waals surface area contributed by atoms with Crippen LogP contribution in [0.4, 0.5) is 9.18 Å². The normalized spacial score (nSPS) is 13.5. The zero-order valence-corrected chi connectivity index (χ0v) is 30.4. The van der Waals surface area contributed by atoms with E-state index in [0.717, 1.165) is 6.07 Å². The SMILES string of the molecule is COc1cc(C(=O)c2ccc(CCS(=O)(=O)COC(=O)NC(C)(C)C)cc2-c2cn(C)c(=O)cc2C(C)N[S+]([O-])C(C)(C)C)ccc1F. The van der Waals surface area contributed by atoms with E-state index in [4.69, 9.17) is 9.47 Å². The van der Waals surface area contributed by atoms with Crippen LogP contribution in [0.15, 0.2) is 53.5 Å². The number of nitrogens with zero attached hydrogens (tertiary/aromatic N) is 1. The molecule has 262 valence electrons. The number of amides is 1. The molecule has 2 N–H and O–H groups in total. The molecule has 2 unspecified atom stereocenters. The highest BCUT2D eigenvalue weighted by molar-refractivity contribution is 7.91. The highest BCUT2D eigenvalue weighted by atomic mass is 32.2. The summed E-state index contributed by atoms with van der Waals surface area (Å²) in [6, 6.07) is 9.35. The summed E-state index contributed by atoms with van der Waals surface area (Å²) in [5.41, 5.74) is 1.24. The minimum Gasteiger partial charge on any atom is -0.598 e. The van der Waals surface area contributed by atoms with Crippen LogP contribution in [0.1, 0.15) is 81.6 Å². The van der Waals surface area contributed by atoms with Gasteiger partial charge in [0.15, 0.2) is 33.1 Å².